The molecule has 0 spiro atoms. The Labute approximate surface area is 170 Å². The minimum absolute atomic E-state index is 0.189. The highest BCUT2D eigenvalue weighted by Crippen LogP contribution is 2.25. The first-order valence-corrected chi connectivity index (χ1v) is 9.84. The van der Waals surface area contributed by atoms with Crippen LogP contribution in [0.25, 0.3) is 5.88 Å². The number of carbonyl (C=O) groups excluding carboxylic acids is 1. The standard InChI is InChI=1S/C23H24N4O2/c1-16(27-12-9-18-7-3-4-8-19(18)15-27)14-25-22(28)21-17(2)29-23(20(21)13-24)26-10-5-6-11-26/h3-8,10-11,16H,9,12,14-15H2,1-2H3,(H,25,28). The number of furan rings is 1. The van der Waals surface area contributed by atoms with Crippen LogP contribution in [0.1, 0.15) is 39.7 Å². The number of nitrogens with one attached hydrogen (secondary N) is 1. The lowest BCUT2D eigenvalue weighted by Gasteiger charge is -2.33. The number of aryl methyl sites for hydroxylation is 1. The Bertz CT molecular complexity index is 1060. The molecule has 0 bridgehead atoms. The normalized spacial score (nSPS) is 14.8. The molecule has 6 nitrogen and oxygen atoms in total. The second-order valence-corrected chi connectivity index (χ2v) is 7.46. The maximum Gasteiger partial charge on any atom is 0.256 e. The minimum Gasteiger partial charge on any atom is -0.443 e. The Morgan fingerprint density at radius 1 is 1.24 bits per heavy atom. The van der Waals surface area contributed by atoms with Crippen molar-refractivity contribution < 1.29 is 9.21 Å². The molecule has 0 radical (unpaired) electrons. The van der Waals surface area contributed by atoms with Gasteiger partial charge in [0.15, 0.2) is 0 Å². The highest BCUT2D eigenvalue weighted by molar-refractivity contribution is 5.98. The first-order chi connectivity index (χ1) is 14.1. The lowest BCUT2D eigenvalue weighted by molar-refractivity contribution is 0.0930. The van der Waals surface area contributed by atoms with Gasteiger partial charge in [0.25, 0.3) is 5.91 Å². The van der Waals surface area contributed by atoms with E-state index in [4.69, 9.17) is 4.42 Å². The Kier molecular flexibility index (Phi) is 5.24. The third-order valence-corrected chi connectivity index (χ3v) is 5.59. The molecule has 3 heterocycles. The van der Waals surface area contributed by atoms with E-state index >= 15 is 0 Å². The molecule has 2 aromatic heterocycles. The molecular weight excluding hydrogens is 364 g/mol. The third kappa shape index (κ3) is 3.69. The van der Waals surface area contributed by atoms with Crippen LogP contribution in [0.3, 0.4) is 0 Å². The Hall–Kier alpha value is -3.30. The lowest BCUT2D eigenvalue weighted by Crippen LogP contribution is -2.44. The second kappa shape index (κ2) is 7.98. The topological polar surface area (TPSA) is 74.2 Å². The van der Waals surface area contributed by atoms with Crippen molar-refractivity contribution in [3.05, 3.63) is 76.8 Å². The molecule has 0 saturated carbocycles. The summed E-state index contributed by atoms with van der Waals surface area (Å²) in [5.41, 5.74) is 3.33. The maximum atomic E-state index is 12.9. The van der Waals surface area contributed by atoms with E-state index in [1.807, 2.05) is 12.1 Å². The van der Waals surface area contributed by atoms with Crippen LogP contribution >= 0.6 is 0 Å². The van der Waals surface area contributed by atoms with Gasteiger partial charge in [-0.1, -0.05) is 24.3 Å². The fourth-order valence-electron chi connectivity index (χ4n) is 3.91. The zero-order valence-corrected chi connectivity index (χ0v) is 16.7. The van der Waals surface area contributed by atoms with E-state index in [2.05, 4.69) is 47.5 Å². The number of rotatable bonds is 5. The average Bonchev–Trinajstić information content (AvgIpc) is 3.38. The molecule has 1 aromatic carbocycles. The number of nitriles is 1. The molecule has 1 aliphatic heterocycles. The summed E-state index contributed by atoms with van der Waals surface area (Å²) in [7, 11) is 0. The van der Waals surface area contributed by atoms with Crippen molar-refractivity contribution in [2.75, 3.05) is 13.1 Å². The van der Waals surface area contributed by atoms with Gasteiger partial charge in [0.1, 0.15) is 23.0 Å². The number of hydrogen-bond donors (Lipinski definition) is 1. The molecule has 1 unspecified atom stereocenters. The molecule has 1 aliphatic rings. The molecule has 1 atom stereocenters. The van der Waals surface area contributed by atoms with Crippen LogP contribution in [-0.2, 0) is 13.0 Å². The van der Waals surface area contributed by atoms with Crippen molar-refractivity contribution in [1.82, 2.24) is 14.8 Å². The van der Waals surface area contributed by atoms with E-state index in [1.165, 1.54) is 11.1 Å². The quantitative estimate of drug-likeness (QED) is 0.727. The van der Waals surface area contributed by atoms with Crippen molar-refractivity contribution in [3.63, 3.8) is 0 Å². The van der Waals surface area contributed by atoms with E-state index in [0.717, 1.165) is 19.5 Å². The monoisotopic (exact) mass is 388 g/mol. The molecule has 3 aromatic rings. The van der Waals surface area contributed by atoms with Crippen LogP contribution in [0.5, 0.6) is 0 Å². The first kappa shape index (κ1) is 19.0. The summed E-state index contributed by atoms with van der Waals surface area (Å²) in [5, 5.41) is 12.6. The predicted octanol–water partition coefficient (Wildman–Crippen LogP) is 3.43. The Balaban J connectivity index is 1.45. The van der Waals surface area contributed by atoms with E-state index in [9.17, 15) is 10.1 Å². The van der Waals surface area contributed by atoms with Gasteiger partial charge in [-0.15, -0.1) is 0 Å². The van der Waals surface area contributed by atoms with E-state index in [-0.39, 0.29) is 17.5 Å². The Morgan fingerprint density at radius 3 is 2.69 bits per heavy atom. The molecule has 4 rings (SSSR count). The van der Waals surface area contributed by atoms with Crippen LogP contribution in [0, 0.1) is 18.3 Å². The van der Waals surface area contributed by atoms with Gasteiger partial charge in [0, 0.05) is 38.1 Å². The van der Waals surface area contributed by atoms with Gasteiger partial charge in [-0.3, -0.25) is 14.3 Å². The van der Waals surface area contributed by atoms with E-state index < -0.39 is 0 Å². The van der Waals surface area contributed by atoms with Gasteiger partial charge in [0.05, 0.1) is 0 Å². The summed E-state index contributed by atoms with van der Waals surface area (Å²) in [4.78, 5) is 15.2. The van der Waals surface area contributed by atoms with Crippen LogP contribution in [0.15, 0.2) is 53.2 Å². The van der Waals surface area contributed by atoms with Crippen molar-refractivity contribution in [3.8, 4) is 12.0 Å². The van der Waals surface area contributed by atoms with Crippen LogP contribution in [0.4, 0.5) is 0 Å². The van der Waals surface area contributed by atoms with Gasteiger partial charge in [-0.25, -0.2) is 0 Å². The fraction of sp³-hybridized carbons (Fsp3) is 0.304. The first-order valence-electron chi connectivity index (χ1n) is 9.84. The van der Waals surface area contributed by atoms with Crippen LogP contribution < -0.4 is 5.32 Å². The summed E-state index contributed by atoms with van der Waals surface area (Å²) in [5.74, 6) is 0.550. The predicted molar refractivity (Wildman–Crippen MR) is 110 cm³/mol. The van der Waals surface area contributed by atoms with Gasteiger partial charge < -0.3 is 9.73 Å². The molecule has 6 heteroatoms. The summed E-state index contributed by atoms with van der Waals surface area (Å²) >= 11 is 0. The molecule has 29 heavy (non-hydrogen) atoms. The fourth-order valence-corrected chi connectivity index (χ4v) is 3.91. The van der Waals surface area contributed by atoms with Crippen molar-refractivity contribution in [1.29, 1.82) is 5.26 Å². The number of carbonyl (C=O) groups is 1. The third-order valence-electron chi connectivity index (χ3n) is 5.59. The number of aromatic nitrogens is 1. The second-order valence-electron chi connectivity index (χ2n) is 7.46. The number of fused-ring (bicyclic) bond motifs is 1. The zero-order valence-electron chi connectivity index (χ0n) is 16.7. The maximum absolute atomic E-state index is 12.9. The Morgan fingerprint density at radius 2 is 1.97 bits per heavy atom. The lowest BCUT2D eigenvalue weighted by atomic mass is 9.99. The molecule has 148 valence electrons. The molecular formula is C23H24N4O2. The van der Waals surface area contributed by atoms with Crippen LogP contribution in [-0.4, -0.2) is 34.5 Å². The number of amides is 1. The van der Waals surface area contributed by atoms with E-state index in [1.54, 1.807) is 23.9 Å². The number of nitrogens with zero attached hydrogens (tertiary/aromatic N) is 3. The summed E-state index contributed by atoms with van der Waals surface area (Å²) < 4.78 is 7.44. The minimum atomic E-state index is -0.273. The zero-order chi connectivity index (χ0) is 20.4. The van der Waals surface area contributed by atoms with Gasteiger partial charge in [-0.05, 0) is 43.5 Å². The SMILES string of the molecule is Cc1oc(-n2cccc2)c(C#N)c1C(=O)NCC(C)N1CCc2ccccc2C1. The summed E-state index contributed by atoms with van der Waals surface area (Å²) in [6.07, 6.45) is 4.60. The number of hydrogen-bond acceptors (Lipinski definition) is 4. The van der Waals surface area contributed by atoms with Crippen molar-refractivity contribution >= 4 is 5.91 Å². The largest absolute Gasteiger partial charge is 0.443 e. The summed E-state index contributed by atoms with van der Waals surface area (Å²) in [6.45, 7) is 6.20. The highest BCUT2D eigenvalue weighted by atomic mass is 16.4. The summed E-state index contributed by atoms with van der Waals surface area (Å²) in [6, 6.07) is 14.5. The number of benzene rings is 1. The highest BCUT2D eigenvalue weighted by Gasteiger charge is 2.26. The van der Waals surface area contributed by atoms with Crippen LogP contribution in [0.2, 0.25) is 0 Å². The molecule has 0 saturated heterocycles. The smallest absolute Gasteiger partial charge is 0.256 e. The molecule has 0 aliphatic carbocycles. The molecule has 1 amide bonds. The van der Waals surface area contributed by atoms with Gasteiger partial charge in [-0.2, -0.15) is 5.26 Å². The molecule has 0 fully saturated rings. The van der Waals surface area contributed by atoms with Crippen molar-refractivity contribution in [2.45, 2.75) is 32.9 Å². The van der Waals surface area contributed by atoms with Gasteiger partial charge in [0.2, 0.25) is 5.88 Å². The van der Waals surface area contributed by atoms with Gasteiger partial charge >= 0.3 is 0 Å². The van der Waals surface area contributed by atoms with E-state index in [0.29, 0.717) is 23.8 Å². The average molecular weight is 388 g/mol. The molecule has 1 N–H and O–H groups in total. The van der Waals surface area contributed by atoms with Crippen molar-refractivity contribution in [2.24, 2.45) is 0 Å².